The number of methoxy groups -OCH3 is 1. The van der Waals surface area contributed by atoms with Crippen molar-refractivity contribution in [3.05, 3.63) is 0 Å². The van der Waals surface area contributed by atoms with E-state index in [1.807, 2.05) is 34.7 Å². The second-order valence-electron chi connectivity index (χ2n) is 6.31. The number of ketones is 1. The molecule has 0 saturated heterocycles. The molecule has 1 saturated carbocycles. The van der Waals surface area contributed by atoms with Crippen LogP contribution in [0.4, 0.5) is 0 Å². The zero-order valence-electron chi connectivity index (χ0n) is 20.5. The van der Waals surface area contributed by atoms with Crippen LogP contribution in [0.25, 0.3) is 0 Å². The van der Waals surface area contributed by atoms with Gasteiger partial charge in [-0.2, -0.15) is 0 Å². The van der Waals surface area contributed by atoms with E-state index < -0.39 is 0 Å². The quantitative estimate of drug-likeness (QED) is 0.401. The molecule has 0 bridgehead atoms. The highest BCUT2D eigenvalue weighted by molar-refractivity contribution is 5.75. The zero-order valence-corrected chi connectivity index (χ0v) is 20.5. The van der Waals surface area contributed by atoms with Gasteiger partial charge >= 0.3 is 0 Å². The fraction of sp³-hybridized carbons (Fsp3) is 0.870. The van der Waals surface area contributed by atoms with Gasteiger partial charge in [0.2, 0.25) is 6.41 Å². The molecule has 0 atom stereocenters. The van der Waals surface area contributed by atoms with Crippen molar-refractivity contribution in [2.45, 2.75) is 99.0 Å². The molecule has 1 aliphatic carbocycles. The lowest BCUT2D eigenvalue weighted by molar-refractivity contribution is -0.117. The molecule has 0 radical (unpaired) electrons. The Morgan fingerprint density at radius 2 is 1.62 bits per heavy atom. The van der Waals surface area contributed by atoms with Crippen LogP contribution in [0.1, 0.15) is 92.9 Å². The van der Waals surface area contributed by atoms with Crippen LogP contribution < -0.4 is 10.6 Å². The second kappa shape index (κ2) is 34.3. The van der Waals surface area contributed by atoms with Crippen LogP contribution in [0.2, 0.25) is 0 Å². The second-order valence-corrected chi connectivity index (χ2v) is 6.31. The SMILES string of the molecule is CC.CC.CCCCC(C)=O.CNCC1CCC(NC=O)CC1.COCCC=O. The van der Waals surface area contributed by atoms with Crippen molar-refractivity contribution in [3.8, 4) is 0 Å². The van der Waals surface area contributed by atoms with Crippen molar-refractivity contribution in [3.63, 3.8) is 0 Å². The molecule has 0 heterocycles. The van der Waals surface area contributed by atoms with E-state index in [1.165, 1.54) is 12.8 Å². The van der Waals surface area contributed by atoms with Gasteiger partial charge in [-0.15, -0.1) is 0 Å². The van der Waals surface area contributed by atoms with Gasteiger partial charge in [0.1, 0.15) is 12.1 Å². The Hall–Kier alpha value is -1.27. The van der Waals surface area contributed by atoms with Gasteiger partial charge in [0.25, 0.3) is 0 Å². The van der Waals surface area contributed by atoms with Crippen molar-refractivity contribution in [1.29, 1.82) is 0 Å². The minimum Gasteiger partial charge on any atom is -0.384 e. The number of carbonyl (C=O) groups is 3. The fourth-order valence-corrected chi connectivity index (χ4v) is 2.51. The zero-order chi connectivity index (χ0) is 23.3. The van der Waals surface area contributed by atoms with Crippen molar-refractivity contribution >= 4 is 18.5 Å². The molecule has 6 nitrogen and oxygen atoms in total. The normalized spacial score (nSPS) is 16.6. The third kappa shape index (κ3) is 34.6. The molecule has 2 N–H and O–H groups in total. The van der Waals surface area contributed by atoms with E-state index in [0.29, 0.717) is 24.9 Å². The fourth-order valence-electron chi connectivity index (χ4n) is 2.51. The van der Waals surface area contributed by atoms with Crippen LogP contribution >= 0.6 is 0 Å². The third-order valence-electron chi connectivity index (χ3n) is 3.97. The Labute approximate surface area is 180 Å². The maximum atomic E-state index is 10.2. The highest BCUT2D eigenvalue weighted by Crippen LogP contribution is 2.23. The van der Waals surface area contributed by atoms with Crippen LogP contribution in [0, 0.1) is 5.92 Å². The Bertz CT molecular complexity index is 318. The number of carbonyl (C=O) groups excluding carboxylic acids is 3. The summed E-state index contributed by atoms with van der Waals surface area (Å²) >= 11 is 0. The smallest absolute Gasteiger partial charge is 0.207 e. The maximum absolute atomic E-state index is 10.2. The first-order valence-corrected chi connectivity index (χ1v) is 11.3. The van der Waals surface area contributed by atoms with Crippen LogP contribution in [0.15, 0.2) is 0 Å². The monoisotopic (exact) mass is 418 g/mol. The Balaban J connectivity index is -0.000000159. The van der Waals surface area contributed by atoms with Crippen LogP contribution in [-0.4, -0.2) is 51.8 Å². The summed E-state index contributed by atoms with van der Waals surface area (Å²) < 4.78 is 4.55. The van der Waals surface area contributed by atoms with Gasteiger partial charge in [-0.1, -0.05) is 41.0 Å². The summed E-state index contributed by atoms with van der Waals surface area (Å²) in [6.07, 6.45) is 9.88. The topological polar surface area (TPSA) is 84.5 Å². The van der Waals surface area contributed by atoms with Crippen molar-refractivity contribution in [1.82, 2.24) is 10.6 Å². The molecular weight excluding hydrogens is 368 g/mol. The molecular formula is C23H50N2O4. The van der Waals surface area contributed by atoms with Gasteiger partial charge in [-0.3, -0.25) is 4.79 Å². The number of ether oxygens (including phenoxy) is 1. The molecule has 0 aromatic heterocycles. The predicted molar refractivity (Wildman–Crippen MR) is 124 cm³/mol. The molecule has 0 aromatic rings. The van der Waals surface area contributed by atoms with Crippen molar-refractivity contribution in [2.75, 3.05) is 27.3 Å². The van der Waals surface area contributed by atoms with Crippen LogP contribution in [0.5, 0.6) is 0 Å². The first kappa shape index (κ1) is 35.2. The van der Waals surface area contributed by atoms with E-state index in [2.05, 4.69) is 22.3 Å². The van der Waals surface area contributed by atoms with Crippen LogP contribution in [-0.2, 0) is 19.1 Å². The Kier molecular flexibility index (Phi) is 41.6. The molecule has 1 amide bonds. The average molecular weight is 419 g/mol. The molecule has 0 unspecified atom stereocenters. The molecule has 1 aliphatic rings. The first-order chi connectivity index (χ1) is 14.0. The predicted octanol–water partition coefficient (Wildman–Crippen LogP) is 4.55. The summed E-state index contributed by atoms with van der Waals surface area (Å²) in [6.45, 7) is 13.4. The van der Waals surface area contributed by atoms with Gasteiger partial charge in [-0.05, 0) is 58.5 Å². The summed E-state index contributed by atoms with van der Waals surface area (Å²) in [7, 11) is 3.57. The lowest BCUT2D eigenvalue weighted by atomic mass is 9.86. The number of nitrogens with one attached hydrogen (secondary N) is 2. The molecule has 0 aromatic carbocycles. The molecule has 0 aliphatic heterocycles. The molecule has 6 heteroatoms. The lowest BCUT2D eigenvalue weighted by Crippen LogP contribution is -2.34. The van der Waals surface area contributed by atoms with E-state index in [4.69, 9.17) is 0 Å². The van der Waals surface area contributed by atoms with Crippen LogP contribution in [0.3, 0.4) is 0 Å². The summed E-state index contributed by atoms with van der Waals surface area (Å²) in [5.74, 6) is 1.13. The lowest BCUT2D eigenvalue weighted by Gasteiger charge is -2.27. The largest absolute Gasteiger partial charge is 0.384 e. The van der Waals surface area contributed by atoms with Gasteiger partial charge < -0.3 is 25.0 Å². The maximum Gasteiger partial charge on any atom is 0.207 e. The highest BCUT2D eigenvalue weighted by atomic mass is 16.5. The minimum atomic E-state index is 0.307. The minimum absolute atomic E-state index is 0.307. The van der Waals surface area contributed by atoms with Gasteiger partial charge in [0.05, 0.1) is 6.61 Å². The van der Waals surface area contributed by atoms with Crippen molar-refractivity contribution < 1.29 is 19.1 Å². The molecule has 1 rings (SSSR count). The van der Waals surface area contributed by atoms with Crippen molar-refractivity contribution in [2.24, 2.45) is 5.92 Å². The highest BCUT2D eigenvalue weighted by Gasteiger charge is 2.19. The standard InChI is InChI=1S/C9H18N2O.C6H12O.C4H8O2.2C2H6/c1-10-6-8-2-4-9(5-3-8)11-7-12;1-3-4-5-6(2)7;1-6-4-2-3-5;2*1-2/h7-10H,2-6H2,1H3,(H,11,12);3-5H2,1-2H3;3H,2,4H2,1H3;2*1-2H3. The summed E-state index contributed by atoms with van der Waals surface area (Å²) in [5, 5.41) is 6.04. The number of hydrogen-bond acceptors (Lipinski definition) is 5. The Morgan fingerprint density at radius 3 is 1.90 bits per heavy atom. The number of Topliss-reactive ketones (excluding diaryl/α,β-unsaturated/α-hetero) is 1. The van der Waals surface area contributed by atoms with Gasteiger partial charge in [0.15, 0.2) is 0 Å². The van der Waals surface area contributed by atoms with E-state index >= 15 is 0 Å². The van der Waals surface area contributed by atoms with E-state index in [9.17, 15) is 14.4 Å². The summed E-state index contributed by atoms with van der Waals surface area (Å²) in [6, 6.07) is 0.440. The number of unbranched alkanes of at least 4 members (excludes halogenated alkanes) is 1. The molecule has 1 fully saturated rings. The number of hydrogen-bond donors (Lipinski definition) is 2. The molecule has 0 spiro atoms. The molecule has 29 heavy (non-hydrogen) atoms. The van der Waals surface area contributed by atoms with E-state index in [0.717, 1.165) is 57.3 Å². The Morgan fingerprint density at radius 1 is 1.07 bits per heavy atom. The van der Waals surface area contributed by atoms with E-state index in [-0.39, 0.29) is 0 Å². The molecule has 176 valence electrons. The first-order valence-electron chi connectivity index (χ1n) is 11.3. The average Bonchev–Trinajstić information content (AvgIpc) is 2.76. The van der Waals surface area contributed by atoms with Gasteiger partial charge in [0, 0.05) is 26.0 Å². The van der Waals surface area contributed by atoms with E-state index in [1.54, 1.807) is 14.0 Å². The number of amides is 1. The number of rotatable bonds is 10. The number of aldehydes is 1. The third-order valence-corrected chi connectivity index (χ3v) is 3.97. The summed E-state index contributed by atoms with van der Waals surface area (Å²) in [5.41, 5.74) is 0. The van der Waals surface area contributed by atoms with Gasteiger partial charge in [-0.25, -0.2) is 0 Å². The summed E-state index contributed by atoms with van der Waals surface area (Å²) in [4.78, 5) is 29.8.